The van der Waals surface area contributed by atoms with Crippen LogP contribution in [0.3, 0.4) is 0 Å². The van der Waals surface area contributed by atoms with Gasteiger partial charge in [-0.1, -0.05) is 19.3 Å². The maximum Gasteiger partial charge on any atom is 0.418 e. The van der Waals surface area contributed by atoms with E-state index >= 15 is 0 Å². The molecule has 0 bridgehead atoms. The molecule has 2 unspecified atom stereocenters. The van der Waals surface area contributed by atoms with Crippen LogP contribution in [0, 0.1) is 26.1 Å². The largest absolute Gasteiger partial charge is 0.418 e. The molecule has 2 atom stereocenters. The van der Waals surface area contributed by atoms with Gasteiger partial charge in [0.15, 0.2) is 5.54 Å². The van der Waals surface area contributed by atoms with Gasteiger partial charge in [-0.25, -0.2) is 0 Å². The monoisotopic (exact) mass is 350 g/mol. The van der Waals surface area contributed by atoms with Crippen molar-refractivity contribution in [2.24, 2.45) is 17.4 Å². The van der Waals surface area contributed by atoms with E-state index < -0.39 is 44.6 Å². The van der Waals surface area contributed by atoms with Gasteiger partial charge in [0.05, 0.1) is 16.2 Å². The lowest BCUT2D eigenvalue weighted by Gasteiger charge is -2.35. The van der Waals surface area contributed by atoms with Gasteiger partial charge in [0.2, 0.25) is 0 Å². The van der Waals surface area contributed by atoms with Crippen molar-refractivity contribution >= 4 is 0 Å². The van der Waals surface area contributed by atoms with E-state index in [0.29, 0.717) is 6.42 Å². The third-order valence-electron chi connectivity index (χ3n) is 4.76. The fraction of sp³-hybridized carbons (Fsp3) is 0.692. The minimum atomic E-state index is -5.05. The van der Waals surface area contributed by atoms with E-state index in [2.05, 4.69) is 0 Å². The molecule has 134 valence electrons. The number of allylic oxidation sites excluding steroid dienone is 2. The molecule has 2 aliphatic rings. The van der Waals surface area contributed by atoms with Crippen molar-refractivity contribution < 1.29 is 23.0 Å². The number of nitrogens with two attached hydrogens (primary N) is 2. The van der Waals surface area contributed by atoms with Gasteiger partial charge in [0.1, 0.15) is 0 Å². The van der Waals surface area contributed by atoms with Crippen LogP contribution >= 0.6 is 0 Å². The lowest BCUT2D eigenvalue weighted by molar-refractivity contribution is -0.534. The lowest BCUT2D eigenvalue weighted by Crippen LogP contribution is -2.61. The second-order valence-corrected chi connectivity index (χ2v) is 6.22. The molecule has 24 heavy (non-hydrogen) atoms. The second-order valence-electron chi connectivity index (χ2n) is 6.22. The first kappa shape index (κ1) is 18.2. The highest BCUT2D eigenvalue weighted by Gasteiger charge is 2.59. The molecular weight excluding hydrogens is 333 g/mol. The minimum absolute atomic E-state index is 0.179. The Labute approximate surface area is 134 Å². The van der Waals surface area contributed by atoms with Gasteiger partial charge in [-0.3, -0.25) is 20.2 Å². The minimum Gasteiger partial charge on any atom is -0.396 e. The molecule has 2 aliphatic carbocycles. The zero-order valence-electron chi connectivity index (χ0n) is 12.6. The van der Waals surface area contributed by atoms with Crippen LogP contribution < -0.4 is 11.5 Å². The standard InChI is InChI=1S/C13H17F3N4O4/c14-13(15,16)8-6-9(19(21)22)12(18,5-4-7-2-1-3-7)11(10(8)17)20(23)24/h6-7,11H,1-5,17-18H2. The van der Waals surface area contributed by atoms with Gasteiger partial charge in [-0.05, 0) is 18.8 Å². The molecule has 0 aromatic heterocycles. The first-order chi connectivity index (χ1) is 11.0. The summed E-state index contributed by atoms with van der Waals surface area (Å²) in [6.07, 6.45) is -1.90. The number of rotatable bonds is 5. The van der Waals surface area contributed by atoms with E-state index in [1.54, 1.807) is 0 Å². The van der Waals surface area contributed by atoms with E-state index in [4.69, 9.17) is 11.5 Å². The Balaban J connectivity index is 2.50. The van der Waals surface area contributed by atoms with Crippen LogP contribution in [-0.4, -0.2) is 27.6 Å². The molecule has 0 aliphatic heterocycles. The van der Waals surface area contributed by atoms with Crippen LogP contribution in [0.4, 0.5) is 13.2 Å². The first-order valence-corrected chi connectivity index (χ1v) is 7.34. The highest BCUT2D eigenvalue weighted by atomic mass is 19.4. The summed E-state index contributed by atoms with van der Waals surface area (Å²) in [5, 5.41) is 22.6. The number of hydrogen-bond donors (Lipinski definition) is 2. The molecule has 0 heterocycles. The summed E-state index contributed by atoms with van der Waals surface area (Å²) in [4.78, 5) is 20.4. The normalized spacial score (nSPS) is 28.3. The van der Waals surface area contributed by atoms with E-state index in [1.807, 2.05) is 0 Å². The fourth-order valence-corrected chi connectivity index (χ4v) is 3.18. The predicted octanol–water partition coefficient (Wildman–Crippen LogP) is 1.86. The Morgan fingerprint density at radius 2 is 1.88 bits per heavy atom. The van der Waals surface area contributed by atoms with Crippen LogP contribution in [0.1, 0.15) is 32.1 Å². The Bertz CT molecular complexity index is 627. The number of halogens is 3. The molecule has 8 nitrogen and oxygen atoms in total. The summed E-state index contributed by atoms with van der Waals surface area (Å²) < 4.78 is 39.1. The third kappa shape index (κ3) is 3.07. The smallest absolute Gasteiger partial charge is 0.396 e. The van der Waals surface area contributed by atoms with Crippen LogP contribution in [0.5, 0.6) is 0 Å². The zero-order chi connectivity index (χ0) is 18.3. The van der Waals surface area contributed by atoms with Crippen LogP contribution in [0.25, 0.3) is 0 Å². The van der Waals surface area contributed by atoms with Crippen molar-refractivity contribution in [2.45, 2.75) is 49.9 Å². The van der Waals surface area contributed by atoms with Gasteiger partial charge in [-0.15, -0.1) is 0 Å². The molecule has 0 aromatic carbocycles. The summed E-state index contributed by atoms with van der Waals surface area (Å²) in [6.45, 7) is 0. The van der Waals surface area contributed by atoms with Crippen molar-refractivity contribution in [3.63, 3.8) is 0 Å². The van der Waals surface area contributed by atoms with Crippen LogP contribution in [-0.2, 0) is 0 Å². The molecule has 11 heteroatoms. The van der Waals surface area contributed by atoms with E-state index in [0.717, 1.165) is 19.3 Å². The van der Waals surface area contributed by atoms with Crippen molar-refractivity contribution in [1.82, 2.24) is 0 Å². The zero-order valence-corrected chi connectivity index (χ0v) is 12.6. The van der Waals surface area contributed by atoms with Gasteiger partial charge in [-0.2, -0.15) is 13.2 Å². The number of hydrogen-bond acceptors (Lipinski definition) is 6. The molecule has 0 saturated heterocycles. The van der Waals surface area contributed by atoms with Gasteiger partial charge in [0.25, 0.3) is 11.7 Å². The quantitative estimate of drug-likeness (QED) is 0.573. The highest BCUT2D eigenvalue weighted by molar-refractivity contribution is 5.43. The maximum absolute atomic E-state index is 13.0. The number of nitrogens with zero attached hydrogens (tertiary/aromatic N) is 2. The Morgan fingerprint density at radius 3 is 2.25 bits per heavy atom. The second kappa shape index (κ2) is 6.04. The molecule has 2 rings (SSSR count). The number of alkyl halides is 3. The van der Waals surface area contributed by atoms with E-state index in [-0.39, 0.29) is 18.4 Å². The summed E-state index contributed by atoms with van der Waals surface area (Å²) in [5.74, 6) is 0.222. The molecule has 0 aromatic rings. The first-order valence-electron chi connectivity index (χ1n) is 7.34. The summed E-state index contributed by atoms with van der Waals surface area (Å²) in [6, 6.07) is -2.19. The Morgan fingerprint density at radius 1 is 1.29 bits per heavy atom. The van der Waals surface area contributed by atoms with E-state index in [1.165, 1.54) is 0 Å². The molecule has 0 spiro atoms. The van der Waals surface area contributed by atoms with Crippen molar-refractivity contribution in [3.8, 4) is 0 Å². The highest BCUT2D eigenvalue weighted by Crippen LogP contribution is 2.42. The Kier molecular flexibility index (Phi) is 4.57. The van der Waals surface area contributed by atoms with Crippen LogP contribution in [0.15, 0.2) is 23.0 Å². The molecular formula is C13H17F3N4O4. The van der Waals surface area contributed by atoms with Gasteiger partial charge < -0.3 is 11.5 Å². The van der Waals surface area contributed by atoms with Crippen molar-refractivity contribution in [2.75, 3.05) is 0 Å². The van der Waals surface area contributed by atoms with Gasteiger partial charge >= 0.3 is 6.18 Å². The predicted molar refractivity (Wildman–Crippen MR) is 76.6 cm³/mol. The fourth-order valence-electron chi connectivity index (χ4n) is 3.18. The lowest BCUT2D eigenvalue weighted by atomic mass is 9.72. The van der Waals surface area contributed by atoms with E-state index in [9.17, 15) is 33.4 Å². The van der Waals surface area contributed by atoms with Crippen molar-refractivity contribution in [3.05, 3.63) is 43.3 Å². The molecule has 0 radical (unpaired) electrons. The number of nitro groups is 2. The molecule has 1 fully saturated rings. The van der Waals surface area contributed by atoms with Gasteiger partial charge in [0, 0.05) is 11.0 Å². The molecule has 0 amide bonds. The maximum atomic E-state index is 13.0. The van der Waals surface area contributed by atoms with Crippen molar-refractivity contribution in [1.29, 1.82) is 0 Å². The average molecular weight is 350 g/mol. The summed E-state index contributed by atoms with van der Waals surface area (Å²) in [5.41, 5.74) is 5.44. The average Bonchev–Trinajstić information content (AvgIpc) is 2.33. The topological polar surface area (TPSA) is 138 Å². The molecule has 1 saturated carbocycles. The summed E-state index contributed by atoms with van der Waals surface area (Å²) in [7, 11) is 0. The molecule has 4 N–H and O–H groups in total. The third-order valence-corrected chi connectivity index (χ3v) is 4.76. The Hall–Kier alpha value is -2.17. The summed E-state index contributed by atoms with van der Waals surface area (Å²) >= 11 is 0. The van der Waals surface area contributed by atoms with Crippen LogP contribution in [0.2, 0.25) is 0 Å². The SMILES string of the molecule is NC1=C(C(F)(F)F)C=C([N+](=O)[O-])C(N)(CCC2CCC2)C1[N+](=O)[O-].